The summed E-state index contributed by atoms with van der Waals surface area (Å²) < 4.78 is 5.65. The fourth-order valence-corrected chi connectivity index (χ4v) is 4.45. The molecule has 3 aliphatic rings. The molecule has 1 saturated carbocycles. The molecule has 4 atom stereocenters. The molecule has 1 aromatic carbocycles. The van der Waals surface area contributed by atoms with Crippen LogP contribution < -0.4 is 4.90 Å². The number of fused-ring (bicyclic) bond motifs is 7. The van der Waals surface area contributed by atoms with E-state index in [1.165, 1.54) is 5.56 Å². The van der Waals surface area contributed by atoms with Gasteiger partial charge in [-0.1, -0.05) is 23.8 Å². The Kier molecular flexibility index (Phi) is 2.90. The summed E-state index contributed by atoms with van der Waals surface area (Å²) in [7, 11) is 0. The van der Waals surface area contributed by atoms with Crippen LogP contribution in [0.1, 0.15) is 38.7 Å². The van der Waals surface area contributed by atoms with Crippen molar-refractivity contribution in [2.45, 2.75) is 44.8 Å². The normalized spacial score (nSPS) is 31.4. The summed E-state index contributed by atoms with van der Waals surface area (Å²) in [6.07, 6.45) is 5.44. The van der Waals surface area contributed by atoms with E-state index in [-0.39, 0.29) is 12.1 Å². The van der Waals surface area contributed by atoms with Crippen LogP contribution in [0.25, 0.3) is 0 Å². The minimum Gasteiger partial charge on any atom is -0.443 e. The lowest BCUT2D eigenvalue weighted by Crippen LogP contribution is -2.44. The van der Waals surface area contributed by atoms with Crippen LogP contribution in [0, 0.1) is 11.8 Å². The summed E-state index contributed by atoms with van der Waals surface area (Å²) in [6.45, 7) is 5.71. The molecule has 0 radical (unpaired) electrons. The van der Waals surface area contributed by atoms with Crippen molar-refractivity contribution in [2.75, 3.05) is 4.90 Å². The van der Waals surface area contributed by atoms with Gasteiger partial charge in [0, 0.05) is 10.9 Å². The van der Waals surface area contributed by atoms with Crippen LogP contribution in [0.3, 0.4) is 0 Å². The average Bonchev–Trinajstić information content (AvgIpc) is 3.05. The number of amides is 1. The fourth-order valence-electron chi connectivity index (χ4n) is 4.27. The monoisotopic (exact) mass is 317 g/mol. The molecule has 4 heteroatoms. The van der Waals surface area contributed by atoms with Crippen molar-refractivity contribution in [3.63, 3.8) is 0 Å². The van der Waals surface area contributed by atoms with Crippen LogP contribution >= 0.6 is 11.6 Å². The van der Waals surface area contributed by atoms with E-state index >= 15 is 0 Å². The first-order chi connectivity index (χ1) is 10.3. The molecule has 1 aliphatic heterocycles. The molecule has 1 heterocycles. The van der Waals surface area contributed by atoms with Crippen molar-refractivity contribution < 1.29 is 9.53 Å². The third kappa shape index (κ3) is 1.98. The highest BCUT2D eigenvalue weighted by Crippen LogP contribution is 2.58. The lowest BCUT2D eigenvalue weighted by molar-refractivity contribution is 0.0563. The summed E-state index contributed by atoms with van der Waals surface area (Å²) in [5, 5.41) is 0.732. The van der Waals surface area contributed by atoms with Crippen molar-refractivity contribution in [2.24, 2.45) is 11.8 Å². The van der Waals surface area contributed by atoms with Crippen LogP contribution in [-0.4, -0.2) is 17.7 Å². The average molecular weight is 318 g/mol. The Morgan fingerprint density at radius 1 is 1.27 bits per heavy atom. The second-order valence-electron chi connectivity index (χ2n) is 7.52. The third-order valence-electron chi connectivity index (χ3n) is 4.91. The topological polar surface area (TPSA) is 29.5 Å². The Balaban J connectivity index is 1.78. The Labute approximate surface area is 135 Å². The molecular weight excluding hydrogens is 298 g/mol. The van der Waals surface area contributed by atoms with Gasteiger partial charge in [-0.2, -0.15) is 0 Å². The Bertz CT molecular complexity index is 676. The molecule has 2 aliphatic carbocycles. The number of nitrogens with zero attached hydrogens (tertiary/aromatic N) is 1. The molecule has 0 saturated heterocycles. The van der Waals surface area contributed by atoms with Crippen molar-refractivity contribution >= 4 is 23.4 Å². The summed E-state index contributed by atoms with van der Waals surface area (Å²) in [6, 6.07) is 6.01. The van der Waals surface area contributed by atoms with Gasteiger partial charge >= 0.3 is 6.09 Å². The minimum absolute atomic E-state index is 0.179. The zero-order valence-corrected chi connectivity index (χ0v) is 13.8. The van der Waals surface area contributed by atoms with E-state index in [4.69, 9.17) is 16.3 Å². The fraction of sp³-hybridized carbons (Fsp3) is 0.500. The second kappa shape index (κ2) is 4.51. The van der Waals surface area contributed by atoms with Gasteiger partial charge in [-0.3, -0.25) is 4.90 Å². The van der Waals surface area contributed by atoms with E-state index in [1.54, 1.807) is 0 Å². The smallest absolute Gasteiger partial charge is 0.415 e. The molecule has 3 nitrogen and oxygen atoms in total. The van der Waals surface area contributed by atoms with Crippen LogP contribution in [0.5, 0.6) is 0 Å². The molecule has 1 aromatic rings. The van der Waals surface area contributed by atoms with Gasteiger partial charge in [0.25, 0.3) is 0 Å². The van der Waals surface area contributed by atoms with Gasteiger partial charge in [0.1, 0.15) is 5.60 Å². The Hall–Kier alpha value is -1.48. The molecule has 0 aromatic heterocycles. The number of carbonyl (C=O) groups excluding carboxylic acids is 1. The minimum atomic E-state index is -0.491. The Morgan fingerprint density at radius 2 is 2.00 bits per heavy atom. The largest absolute Gasteiger partial charge is 0.443 e. The lowest BCUT2D eigenvalue weighted by atomic mass is 9.86. The van der Waals surface area contributed by atoms with Gasteiger partial charge < -0.3 is 4.74 Å². The summed E-state index contributed by atoms with van der Waals surface area (Å²) in [5.41, 5.74) is 1.67. The van der Waals surface area contributed by atoms with Crippen LogP contribution in [-0.2, 0) is 4.74 Å². The standard InChI is InChI=1S/C18H20ClNO2/c1-18(2,3)22-17(21)20-14-7-6-12(19)9-13(14)15-10-4-5-11(8-10)16(15)20/h4-7,9-11,15-16H,8H2,1-3H3. The van der Waals surface area contributed by atoms with Gasteiger partial charge in [-0.15, -0.1) is 0 Å². The second-order valence-corrected chi connectivity index (χ2v) is 7.95. The molecule has 0 N–H and O–H groups in total. The maximum atomic E-state index is 12.8. The number of carbonyl (C=O) groups is 1. The van der Waals surface area contributed by atoms with Crippen LogP contribution in [0.2, 0.25) is 5.02 Å². The quantitative estimate of drug-likeness (QED) is 0.646. The number of hydrogen-bond donors (Lipinski definition) is 0. The predicted octanol–water partition coefficient (Wildman–Crippen LogP) is 4.75. The Morgan fingerprint density at radius 3 is 2.73 bits per heavy atom. The number of rotatable bonds is 0. The van der Waals surface area contributed by atoms with Gasteiger partial charge in [0.2, 0.25) is 0 Å². The van der Waals surface area contributed by atoms with E-state index in [2.05, 4.69) is 12.2 Å². The third-order valence-corrected chi connectivity index (χ3v) is 5.15. The molecule has 116 valence electrons. The van der Waals surface area contributed by atoms with E-state index in [0.29, 0.717) is 17.8 Å². The van der Waals surface area contributed by atoms with Gasteiger partial charge in [-0.25, -0.2) is 4.79 Å². The summed E-state index contributed by atoms with van der Waals surface area (Å²) >= 11 is 6.20. The highest BCUT2D eigenvalue weighted by Gasteiger charge is 2.55. The molecule has 2 bridgehead atoms. The molecule has 0 spiro atoms. The molecule has 4 unspecified atom stereocenters. The van der Waals surface area contributed by atoms with E-state index < -0.39 is 5.60 Å². The number of allylic oxidation sites excluding steroid dienone is 1. The molecule has 22 heavy (non-hydrogen) atoms. The van der Waals surface area contributed by atoms with E-state index in [1.807, 2.05) is 43.9 Å². The van der Waals surface area contributed by atoms with Crippen molar-refractivity contribution in [3.05, 3.63) is 40.9 Å². The highest BCUT2D eigenvalue weighted by atomic mass is 35.5. The van der Waals surface area contributed by atoms with E-state index in [0.717, 1.165) is 17.1 Å². The number of ether oxygens (including phenoxy) is 1. The van der Waals surface area contributed by atoms with Crippen LogP contribution in [0.15, 0.2) is 30.4 Å². The first-order valence-electron chi connectivity index (χ1n) is 7.85. The molecule has 4 rings (SSSR count). The van der Waals surface area contributed by atoms with Crippen molar-refractivity contribution in [1.29, 1.82) is 0 Å². The zero-order chi connectivity index (χ0) is 15.6. The van der Waals surface area contributed by atoms with Gasteiger partial charge in [-0.05, 0) is 62.8 Å². The highest BCUT2D eigenvalue weighted by molar-refractivity contribution is 6.30. The number of anilines is 1. The SMILES string of the molecule is CC(C)(C)OC(=O)N1c2ccc(Cl)cc2C2C3C=CC(C3)C21. The van der Waals surface area contributed by atoms with Crippen molar-refractivity contribution in [1.82, 2.24) is 0 Å². The number of hydrogen-bond acceptors (Lipinski definition) is 2. The summed E-state index contributed by atoms with van der Waals surface area (Å²) in [5.74, 6) is 1.30. The van der Waals surface area contributed by atoms with Gasteiger partial charge in [0.05, 0.1) is 11.7 Å². The van der Waals surface area contributed by atoms with E-state index in [9.17, 15) is 4.79 Å². The zero-order valence-electron chi connectivity index (χ0n) is 13.0. The first kappa shape index (κ1) is 14.1. The molecular formula is C18H20ClNO2. The molecule has 1 amide bonds. The summed E-state index contributed by atoms with van der Waals surface area (Å²) in [4.78, 5) is 14.6. The number of halogens is 1. The van der Waals surface area contributed by atoms with Crippen LogP contribution in [0.4, 0.5) is 10.5 Å². The van der Waals surface area contributed by atoms with Crippen molar-refractivity contribution in [3.8, 4) is 0 Å². The van der Waals surface area contributed by atoms with Gasteiger partial charge in [0.15, 0.2) is 0 Å². The lowest BCUT2D eigenvalue weighted by Gasteiger charge is -2.32. The maximum absolute atomic E-state index is 12.8. The first-order valence-corrected chi connectivity index (χ1v) is 8.23. The molecule has 1 fully saturated rings. The maximum Gasteiger partial charge on any atom is 0.415 e. The number of benzene rings is 1. The predicted molar refractivity (Wildman–Crippen MR) is 87.4 cm³/mol.